The van der Waals surface area contributed by atoms with Crippen molar-refractivity contribution < 1.29 is 4.74 Å². The summed E-state index contributed by atoms with van der Waals surface area (Å²) in [4.78, 5) is 3.22. The molecule has 0 spiro atoms. The topological polar surface area (TPSA) is 51.0 Å². The van der Waals surface area contributed by atoms with Crippen molar-refractivity contribution in [3.8, 4) is 5.75 Å². The van der Waals surface area contributed by atoms with Crippen LogP contribution >= 0.6 is 0 Å². The molecule has 0 aliphatic carbocycles. The van der Waals surface area contributed by atoms with Crippen molar-refractivity contribution >= 4 is 10.9 Å². The van der Waals surface area contributed by atoms with Gasteiger partial charge in [0.05, 0.1) is 7.11 Å². The third-order valence-electron chi connectivity index (χ3n) is 2.76. The minimum Gasteiger partial charge on any atom is -0.496 e. The molecule has 15 heavy (non-hydrogen) atoms. The summed E-state index contributed by atoms with van der Waals surface area (Å²) in [7, 11) is 1.68. The van der Waals surface area contributed by atoms with Gasteiger partial charge in [0.1, 0.15) is 5.75 Å². The summed E-state index contributed by atoms with van der Waals surface area (Å²) in [5, 5.41) is 1.11. The van der Waals surface area contributed by atoms with Crippen molar-refractivity contribution in [1.82, 2.24) is 4.98 Å². The zero-order valence-corrected chi connectivity index (χ0v) is 9.08. The van der Waals surface area contributed by atoms with Crippen LogP contribution in [0.2, 0.25) is 0 Å². The normalized spacial score (nSPS) is 13.0. The van der Waals surface area contributed by atoms with E-state index in [1.807, 2.05) is 24.4 Å². The summed E-state index contributed by atoms with van der Waals surface area (Å²) in [6, 6.07) is 6.03. The second-order valence-corrected chi connectivity index (χ2v) is 3.64. The van der Waals surface area contributed by atoms with E-state index in [0.717, 1.165) is 28.6 Å². The number of aromatic amines is 1. The van der Waals surface area contributed by atoms with Crippen molar-refractivity contribution in [2.75, 3.05) is 7.11 Å². The van der Waals surface area contributed by atoms with Gasteiger partial charge in [-0.15, -0.1) is 0 Å². The van der Waals surface area contributed by atoms with Gasteiger partial charge in [0.2, 0.25) is 0 Å². The summed E-state index contributed by atoms with van der Waals surface area (Å²) < 4.78 is 5.35. The summed E-state index contributed by atoms with van der Waals surface area (Å²) in [6.07, 6.45) is 2.90. The number of hydrogen-bond donors (Lipinski definition) is 2. The van der Waals surface area contributed by atoms with Gasteiger partial charge in [0.15, 0.2) is 0 Å². The first-order valence-electron chi connectivity index (χ1n) is 5.17. The van der Waals surface area contributed by atoms with Gasteiger partial charge in [-0.2, -0.15) is 0 Å². The minimum atomic E-state index is 0.0649. The first-order valence-corrected chi connectivity index (χ1v) is 5.17. The number of H-pyrrole nitrogens is 1. The van der Waals surface area contributed by atoms with Crippen LogP contribution in [0.25, 0.3) is 10.9 Å². The van der Waals surface area contributed by atoms with Crippen LogP contribution in [0, 0.1) is 0 Å². The Morgan fingerprint density at radius 2 is 2.27 bits per heavy atom. The molecule has 3 heteroatoms. The van der Waals surface area contributed by atoms with E-state index in [1.54, 1.807) is 7.11 Å². The van der Waals surface area contributed by atoms with Crippen molar-refractivity contribution in [2.45, 2.75) is 19.4 Å². The van der Waals surface area contributed by atoms with E-state index < -0.39 is 0 Å². The summed E-state index contributed by atoms with van der Waals surface area (Å²) in [5.74, 6) is 0.882. The number of nitrogens with two attached hydrogens (primary N) is 1. The molecule has 2 rings (SSSR count). The maximum absolute atomic E-state index is 6.05. The Hall–Kier alpha value is -1.48. The van der Waals surface area contributed by atoms with Gasteiger partial charge in [0.25, 0.3) is 0 Å². The third-order valence-corrected chi connectivity index (χ3v) is 2.76. The van der Waals surface area contributed by atoms with Crippen LogP contribution in [0.5, 0.6) is 5.75 Å². The Balaban J connectivity index is 2.65. The highest BCUT2D eigenvalue weighted by atomic mass is 16.5. The number of aromatic nitrogens is 1. The van der Waals surface area contributed by atoms with Crippen LogP contribution in [-0.4, -0.2) is 12.1 Å². The molecule has 1 aromatic heterocycles. The molecule has 0 aliphatic heterocycles. The zero-order chi connectivity index (χ0) is 10.8. The van der Waals surface area contributed by atoms with Gasteiger partial charge in [-0.3, -0.25) is 0 Å². The lowest BCUT2D eigenvalue weighted by Crippen LogP contribution is -2.07. The highest BCUT2D eigenvalue weighted by molar-refractivity contribution is 5.89. The maximum atomic E-state index is 6.05. The molecule has 3 N–H and O–H groups in total. The van der Waals surface area contributed by atoms with E-state index in [2.05, 4.69) is 11.9 Å². The predicted octanol–water partition coefficient (Wildman–Crippen LogP) is 2.59. The quantitative estimate of drug-likeness (QED) is 0.807. The number of ether oxygens (including phenoxy) is 1. The van der Waals surface area contributed by atoms with E-state index in [4.69, 9.17) is 10.5 Å². The maximum Gasteiger partial charge on any atom is 0.128 e. The predicted molar refractivity (Wildman–Crippen MR) is 62.1 cm³/mol. The Kier molecular flexibility index (Phi) is 2.64. The van der Waals surface area contributed by atoms with Gasteiger partial charge in [-0.05, 0) is 24.1 Å². The van der Waals surface area contributed by atoms with Gasteiger partial charge >= 0.3 is 0 Å². The Bertz CT molecular complexity index is 462. The molecule has 80 valence electrons. The van der Waals surface area contributed by atoms with Crippen LogP contribution < -0.4 is 10.5 Å². The lowest BCUT2D eigenvalue weighted by molar-refractivity contribution is 0.419. The van der Waals surface area contributed by atoms with Crippen LogP contribution in [0.4, 0.5) is 0 Å². The molecule has 0 radical (unpaired) electrons. The summed E-state index contributed by atoms with van der Waals surface area (Å²) in [5.41, 5.74) is 8.26. The second kappa shape index (κ2) is 3.95. The molecule has 1 unspecified atom stereocenters. The van der Waals surface area contributed by atoms with Crippen LogP contribution in [-0.2, 0) is 0 Å². The molecule has 0 fully saturated rings. The van der Waals surface area contributed by atoms with E-state index in [0.29, 0.717) is 0 Å². The van der Waals surface area contributed by atoms with Gasteiger partial charge in [-0.25, -0.2) is 0 Å². The van der Waals surface area contributed by atoms with Gasteiger partial charge < -0.3 is 15.5 Å². The van der Waals surface area contributed by atoms with Crippen molar-refractivity contribution in [3.05, 3.63) is 30.0 Å². The SMILES string of the molecule is CCC(N)c1c[nH]c2cccc(OC)c12. The molecule has 1 aromatic carbocycles. The molecule has 0 saturated heterocycles. The first kappa shape index (κ1) is 10.1. The highest BCUT2D eigenvalue weighted by Gasteiger charge is 2.13. The Morgan fingerprint density at radius 3 is 2.93 bits per heavy atom. The number of benzene rings is 1. The summed E-state index contributed by atoms with van der Waals surface area (Å²) in [6.45, 7) is 2.08. The van der Waals surface area contributed by atoms with E-state index in [9.17, 15) is 0 Å². The lowest BCUT2D eigenvalue weighted by Gasteiger charge is -2.09. The molecule has 3 nitrogen and oxygen atoms in total. The standard InChI is InChI=1S/C12H16N2O/c1-3-9(13)8-7-14-10-5-4-6-11(15-2)12(8)10/h4-7,9,14H,3,13H2,1-2H3. The van der Waals surface area contributed by atoms with E-state index in [-0.39, 0.29) is 6.04 Å². The van der Waals surface area contributed by atoms with Crippen molar-refractivity contribution in [2.24, 2.45) is 5.73 Å². The lowest BCUT2D eigenvalue weighted by atomic mass is 10.0. The Morgan fingerprint density at radius 1 is 1.47 bits per heavy atom. The minimum absolute atomic E-state index is 0.0649. The fourth-order valence-electron chi connectivity index (χ4n) is 1.86. The Labute approximate surface area is 89.2 Å². The summed E-state index contributed by atoms with van der Waals surface area (Å²) >= 11 is 0. The van der Waals surface area contributed by atoms with Crippen molar-refractivity contribution in [3.63, 3.8) is 0 Å². The van der Waals surface area contributed by atoms with Crippen LogP contribution in [0.1, 0.15) is 24.9 Å². The van der Waals surface area contributed by atoms with E-state index in [1.165, 1.54) is 0 Å². The smallest absolute Gasteiger partial charge is 0.128 e. The van der Waals surface area contributed by atoms with E-state index >= 15 is 0 Å². The highest BCUT2D eigenvalue weighted by Crippen LogP contribution is 2.32. The second-order valence-electron chi connectivity index (χ2n) is 3.64. The molecular formula is C12H16N2O. The fourth-order valence-corrected chi connectivity index (χ4v) is 1.86. The molecular weight excluding hydrogens is 188 g/mol. The molecule has 0 saturated carbocycles. The van der Waals surface area contributed by atoms with Crippen LogP contribution in [0.15, 0.2) is 24.4 Å². The largest absolute Gasteiger partial charge is 0.496 e. The molecule has 0 bridgehead atoms. The average molecular weight is 204 g/mol. The number of nitrogens with one attached hydrogen (secondary N) is 1. The molecule has 0 amide bonds. The number of fused-ring (bicyclic) bond motifs is 1. The molecule has 2 aromatic rings. The van der Waals surface area contributed by atoms with Crippen LogP contribution in [0.3, 0.4) is 0 Å². The molecule has 0 aliphatic rings. The van der Waals surface area contributed by atoms with Gasteiger partial charge in [0, 0.05) is 23.1 Å². The fraction of sp³-hybridized carbons (Fsp3) is 0.333. The third kappa shape index (κ3) is 1.59. The average Bonchev–Trinajstić information content (AvgIpc) is 2.71. The number of methoxy groups -OCH3 is 1. The van der Waals surface area contributed by atoms with Crippen molar-refractivity contribution in [1.29, 1.82) is 0 Å². The van der Waals surface area contributed by atoms with Gasteiger partial charge in [-0.1, -0.05) is 13.0 Å². The zero-order valence-electron chi connectivity index (χ0n) is 9.08. The first-order chi connectivity index (χ1) is 7.27. The number of hydrogen-bond acceptors (Lipinski definition) is 2. The number of rotatable bonds is 3. The molecule has 1 heterocycles. The monoisotopic (exact) mass is 204 g/mol. The molecule has 1 atom stereocenters.